The van der Waals surface area contributed by atoms with Crippen molar-refractivity contribution < 1.29 is 20.8 Å². The summed E-state index contributed by atoms with van der Waals surface area (Å²) in [5.41, 5.74) is 11.3. The first kappa shape index (κ1) is 32.1. The van der Waals surface area contributed by atoms with E-state index in [1.54, 1.807) is 0 Å². The fourth-order valence-corrected chi connectivity index (χ4v) is 6.81. The minimum atomic E-state index is -0.826. The van der Waals surface area contributed by atoms with Gasteiger partial charge in [0.1, 0.15) is 0 Å². The molecule has 0 atom stereocenters. The first-order valence-corrected chi connectivity index (χ1v) is 21.3. The van der Waals surface area contributed by atoms with Crippen molar-refractivity contribution in [2.24, 2.45) is 0 Å². The van der Waals surface area contributed by atoms with Crippen LogP contribution in [0.15, 0.2) is 84.9 Å². The Bertz CT molecular complexity index is 1590. The molecule has 4 heteroatoms. The van der Waals surface area contributed by atoms with E-state index < -0.39 is 20.8 Å². The Labute approximate surface area is 268 Å². The van der Waals surface area contributed by atoms with Gasteiger partial charge in [0.2, 0.25) is 0 Å². The molecule has 0 spiro atoms. The summed E-state index contributed by atoms with van der Waals surface area (Å²) in [5.74, 6) is 0. The van der Waals surface area contributed by atoms with Crippen molar-refractivity contribution in [1.82, 2.24) is 0 Å². The fraction of sp³-hybridized carbons (Fsp3) is 0.270. The van der Waals surface area contributed by atoms with Crippen molar-refractivity contribution >= 4 is 47.7 Å². The Balaban J connectivity index is 0.000000200. The molecular formula is C37H38Cl2SiZr. The molecule has 0 nitrogen and oxygen atoms in total. The Kier molecular flexibility index (Phi) is 10.3. The molecule has 6 rings (SSSR count). The predicted molar refractivity (Wildman–Crippen MR) is 179 cm³/mol. The fourth-order valence-electron chi connectivity index (χ4n) is 5.50. The Hall–Kier alpha value is -1.83. The topological polar surface area (TPSA) is 0 Å². The van der Waals surface area contributed by atoms with Crippen molar-refractivity contribution in [3.63, 3.8) is 0 Å². The van der Waals surface area contributed by atoms with E-state index in [-0.39, 0.29) is 10.8 Å². The van der Waals surface area contributed by atoms with Crippen LogP contribution in [0.5, 0.6) is 0 Å². The summed E-state index contributed by atoms with van der Waals surface area (Å²) in [6.07, 6.45) is 0. The first-order valence-electron chi connectivity index (χ1n) is 14.0. The third-order valence-electron chi connectivity index (χ3n) is 7.41. The molecule has 2 radical (unpaired) electrons. The number of rotatable bonds is 1. The molecule has 0 saturated carbocycles. The van der Waals surface area contributed by atoms with Gasteiger partial charge in [-0.1, -0.05) is 117 Å². The van der Waals surface area contributed by atoms with Crippen molar-refractivity contribution in [2.45, 2.75) is 66.2 Å². The minimum Gasteiger partial charge on any atom is -0.184 e. The van der Waals surface area contributed by atoms with E-state index in [4.69, 9.17) is 17.0 Å². The number of benzene rings is 4. The van der Waals surface area contributed by atoms with E-state index >= 15 is 0 Å². The van der Waals surface area contributed by atoms with Gasteiger partial charge in [-0.05, 0) is 30.2 Å². The quantitative estimate of drug-likeness (QED) is 0.121. The normalized spacial score (nSPS) is 12.0. The van der Waals surface area contributed by atoms with Gasteiger partial charge in [0, 0.05) is 0 Å². The summed E-state index contributed by atoms with van der Waals surface area (Å²) in [5, 5.41) is 5.57. The standard InChI is InChI=1S/C25H31.C12H7Si.2ClH.Zr/c1-16-11-17(2)13-19(12-16)23-21-15-20(24(3,4)5)14-18(21)9-10-22(23)25(6,7)8;1-3-7-11-9(5-1)10-6-2-4-8-12(10)13-11;;;/h9-15H,1-8H3;1-7H;2*1H;/q2*-1;;;+4/p-2. The zero-order chi connectivity index (χ0) is 29.9. The SMILES string of the molecule is Cc1cc(C)cc(-c2c(C(C)(C)C)ccc3[cH-]c(C(C)(C)C)cc23)c1.[Cl][Zr+2][Cl].[c-]1cccc2c1[Si]c1ccccc1-2. The van der Waals surface area contributed by atoms with Gasteiger partial charge in [0.05, 0.1) is 9.52 Å². The number of halogens is 2. The summed E-state index contributed by atoms with van der Waals surface area (Å²) >= 11 is -0.826. The Morgan fingerprint density at radius 2 is 1.39 bits per heavy atom. The van der Waals surface area contributed by atoms with Gasteiger partial charge < -0.3 is 0 Å². The van der Waals surface area contributed by atoms with Crippen LogP contribution in [0, 0.1) is 19.9 Å². The van der Waals surface area contributed by atoms with Crippen LogP contribution in [0.1, 0.15) is 63.8 Å². The van der Waals surface area contributed by atoms with Gasteiger partial charge in [-0.3, -0.25) is 0 Å². The van der Waals surface area contributed by atoms with Crippen molar-refractivity contribution in [3.05, 3.63) is 113 Å². The van der Waals surface area contributed by atoms with Crippen molar-refractivity contribution in [3.8, 4) is 22.3 Å². The monoisotopic (exact) mass is 670 g/mol. The second kappa shape index (κ2) is 13.2. The van der Waals surface area contributed by atoms with Crippen LogP contribution < -0.4 is 10.4 Å². The smallest absolute Gasteiger partial charge is 0.0920 e. The van der Waals surface area contributed by atoms with Crippen LogP contribution in [0.4, 0.5) is 0 Å². The molecule has 0 N–H and O–H groups in total. The molecule has 1 heterocycles. The third-order valence-corrected chi connectivity index (χ3v) is 8.78. The maximum absolute atomic E-state index is 4.93. The molecule has 0 amide bonds. The van der Waals surface area contributed by atoms with E-state index in [9.17, 15) is 0 Å². The Morgan fingerprint density at radius 3 is 2.02 bits per heavy atom. The van der Waals surface area contributed by atoms with E-state index in [2.05, 4.69) is 140 Å². The average Bonchev–Trinajstić information content (AvgIpc) is 3.50. The number of fused-ring (bicyclic) bond motifs is 4. The van der Waals surface area contributed by atoms with Crippen LogP contribution in [-0.2, 0) is 31.7 Å². The van der Waals surface area contributed by atoms with Crippen LogP contribution in [0.2, 0.25) is 0 Å². The Morgan fingerprint density at radius 1 is 0.756 bits per heavy atom. The van der Waals surface area contributed by atoms with Gasteiger partial charge in [-0.25, -0.2) is 0 Å². The molecule has 1 aliphatic heterocycles. The molecule has 0 bridgehead atoms. The summed E-state index contributed by atoms with van der Waals surface area (Å²) < 4.78 is 0. The molecule has 0 aromatic heterocycles. The maximum atomic E-state index is 4.93. The zero-order valence-electron chi connectivity index (χ0n) is 25.3. The molecule has 0 aliphatic carbocycles. The maximum Gasteiger partial charge on any atom is 0.0920 e. The summed E-state index contributed by atoms with van der Waals surface area (Å²) in [6, 6.07) is 34.5. The predicted octanol–water partition coefficient (Wildman–Crippen LogP) is 9.94. The van der Waals surface area contributed by atoms with Gasteiger partial charge >= 0.3 is 37.9 Å². The van der Waals surface area contributed by atoms with Crippen molar-refractivity contribution in [1.29, 1.82) is 0 Å². The van der Waals surface area contributed by atoms with Gasteiger partial charge in [-0.15, -0.1) is 40.1 Å². The van der Waals surface area contributed by atoms with Gasteiger partial charge in [-0.2, -0.15) is 35.5 Å². The number of hydrogen-bond acceptors (Lipinski definition) is 0. The van der Waals surface area contributed by atoms with Crippen LogP contribution >= 0.6 is 17.0 Å². The van der Waals surface area contributed by atoms with Crippen LogP contribution in [0.25, 0.3) is 33.0 Å². The molecule has 0 fully saturated rings. The van der Waals surface area contributed by atoms with Crippen LogP contribution in [-0.4, -0.2) is 9.52 Å². The number of hydrogen-bond donors (Lipinski definition) is 0. The molecule has 41 heavy (non-hydrogen) atoms. The van der Waals surface area contributed by atoms with Crippen LogP contribution in [0.3, 0.4) is 0 Å². The van der Waals surface area contributed by atoms with E-state index in [1.165, 1.54) is 65.7 Å². The second-order valence-corrected chi connectivity index (χ2v) is 17.8. The first-order chi connectivity index (χ1) is 19.3. The summed E-state index contributed by atoms with van der Waals surface area (Å²) in [6.45, 7) is 18.2. The minimum absolute atomic E-state index is 0.111. The molecule has 5 aromatic carbocycles. The zero-order valence-corrected chi connectivity index (χ0v) is 30.3. The summed E-state index contributed by atoms with van der Waals surface area (Å²) in [4.78, 5) is 0. The van der Waals surface area contributed by atoms with E-state index in [1.807, 2.05) is 6.07 Å². The van der Waals surface area contributed by atoms with Gasteiger partial charge in [0.25, 0.3) is 0 Å². The van der Waals surface area contributed by atoms with E-state index in [0.29, 0.717) is 0 Å². The molecule has 5 aromatic rings. The molecule has 208 valence electrons. The molecule has 1 aliphatic rings. The largest absolute Gasteiger partial charge is 0.184 e. The second-order valence-electron chi connectivity index (χ2n) is 12.8. The number of aryl methyl sites for hydroxylation is 2. The summed E-state index contributed by atoms with van der Waals surface area (Å²) in [7, 11) is 10.7. The van der Waals surface area contributed by atoms with Gasteiger partial charge in [0.15, 0.2) is 0 Å². The average molecular weight is 673 g/mol. The molecule has 0 saturated heterocycles. The molecule has 0 unspecified atom stereocenters. The van der Waals surface area contributed by atoms with E-state index in [0.717, 1.165) is 9.52 Å². The third kappa shape index (κ3) is 7.58. The molecular weight excluding hydrogens is 635 g/mol. The van der Waals surface area contributed by atoms with Crippen molar-refractivity contribution in [2.75, 3.05) is 0 Å².